The van der Waals surface area contributed by atoms with Crippen molar-refractivity contribution in [3.05, 3.63) is 24.3 Å². The van der Waals surface area contributed by atoms with Crippen LogP contribution in [0.4, 0.5) is 11.4 Å². The molecule has 0 unspecified atom stereocenters. The molecule has 1 aliphatic rings. The van der Waals surface area contributed by atoms with Crippen LogP contribution in [0.3, 0.4) is 0 Å². The topological polar surface area (TPSA) is 61.6 Å². The number of piperazine rings is 1. The van der Waals surface area contributed by atoms with Crippen molar-refractivity contribution in [2.45, 2.75) is 6.42 Å². The Morgan fingerprint density at radius 2 is 1.95 bits per heavy atom. The fourth-order valence-electron chi connectivity index (χ4n) is 2.15. The summed E-state index contributed by atoms with van der Waals surface area (Å²) in [6.45, 7) is 5.04. The SMILES string of the molecule is CN1CCN(CCC(=O)Nc2ccccc2N)CC1. The highest BCUT2D eigenvalue weighted by atomic mass is 16.1. The Labute approximate surface area is 114 Å². The van der Waals surface area contributed by atoms with Crippen molar-refractivity contribution in [3.8, 4) is 0 Å². The third-order valence-corrected chi connectivity index (χ3v) is 3.49. The zero-order valence-corrected chi connectivity index (χ0v) is 11.4. The number of para-hydroxylation sites is 2. The number of nitrogens with zero attached hydrogens (tertiary/aromatic N) is 2. The van der Waals surface area contributed by atoms with Gasteiger partial charge in [0.25, 0.3) is 0 Å². The maximum Gasteiger partial charge on any atom is 0.225 e. The van der Waals surface area contributed by atoms with Gasteiger partial charge in [0, 0.05) is 39.1 Å². The molecule has 0 saturated carbocycles. The number of nitrogen functional groups attached to an aromatic ring is 1. The molecule has 5 heteroatoms. The Hall–Kier alpha value is -1.59. The Bertz CT molecular complexity index is 427. The molecule has 1 aliphatic heterocycles. The number of hydrogen-bond acceptors (Lipinski definition) is 4. The van der Waals surface area contributed by atoms with Gasteiger partial charge in [0.2, 0.25) is 5.91 Å². The van der Waals surface area contributed by atoms with Crippen LogP contribution in [0, 0.1) is 0 Å². The molecule has 0 bridgehead atoms. The number of carbonyl (C=O) groups excluding carboxylic acids is 1. The smallest absolute Gasteiger partial charge is 0.225 e. The fourth-order valence-corrected chi connectivity index (χ4v) is 2.15. The van der Waals surface area contributed by atoms with E-state index in [-0.39, 0.29) is 5.91 Å². The minimum absolute atomic E-state index is 0.0248. The molecule has 1 aromatic carbocycles. The van der Waals surface area contributed by atoms with Gasteiger partial charge in [-0.25, -0.2) is 0 Å². The van der Waals surface area contributed by atoms with Gasteiger partial charge >= 0.3 is 0 Å². The highest BCUT2D eigenvalue weighted by molar-refractivity contribution is 5.93. The minimum Gasteiger partial charge on any atom is -0.397 e. The van der Waals surface area contributed by atoms with Crippen LogP contribution >= 0.6 is 0 Å². The van der Waals surface area contributed by atoms with Crippen molar-refractivity contribution in [1.29, 1.82) is 0 Å². The lowest BCUT2D eigenvalue weighted by molar-refractivity contribution is -0.116. The van der Waals surface area contributed by atoms with Crippen molar-refractivity contribution >= 4 is 17.3 Å². The molecule has 104 valence electrons. The molecule has 19 heavy (non-hydrogen) atoms. The van der Waals surface area contributed by atoms with Gasteiger partial charge in [-0.05, 0) is 19.2 Å². The summed E-state index contributed by atoms with van der Waals surface area (Å²) in [6.07, 6.45) is 0.512. The predicted octanol–water partition coefficient (Wildman–Crippen LogP) is 0.845. The van der Waals surface area contributed by atoms with E-state index in [1.54, 1.807) is 6.07 Å². The zero-order chi connectivity index (χ0) is 13.7. The van der Waals surface area contributed by atoms with E-state index in [1.165, 1.54) is 0 Å². The van der Waals surface area contributed by atoms with Crippen LogP contribution in [0.25, 0.3) is 0 Å². The number of hydrogen-bond donors (Lipinski definition) is 2. The number of carbonyl (C=O) groups is 1. The maximum atomic E-state index is 11.9. The molecule has 5 nitrogen and oxygen atoms in total. The Balaban J connectivity index is 1.74. The summed E-state index contributed by atoms with van der Waals surface area (Å²) in [5, 5.41) is 2.86. The number of anilines is 2. The number of benzene rings is 1. The third kappa shape index (κ3) is 4.22. The van der Waals surface area contributed by atoms with Crippen LogP contribution in [-0.4, -0.2) is 55.5 Å². The highest BCUT2D eigenvalue weighted by Gasteiger charge is 2.14. The van der Waals surface area contributed by atoms with Crippen LogP contribution in [0.15, 0.2) is 24.3 Å². The summed E-state index contributed by atoms with van der Waals surface area (Å²) in [5.41, 5.74) is 7.10. The van der Waals surface area contributed by atoms with Gasteiger partial charge in [-0.1, -0.05) is 12.1 Å². The van der Waals surface area contributed by atoms with Gasteiger partial charge in [0.15, 0.2) is 0 Å². The first-order valence-corrected chi connectivity index (χ1v) is 6.70. The first-order valence-electron chi connectivity index (χ1n) is 6.70. The van der Waals surface area contributed by atoms with Gasteiger partial charge in [0.1, 0.15) is 0 Å². The van der Waals surface area contributed by atoms with Gasteiger partial charge in [-0.3, -0.25) is 4.79 Å². The minimum atomic E-state index is 0.0248. The van der Waals surface area contributed by atoms with E-state index < -0.39 is 0 Å². The van der Waals surface area contributed by atoms with E-state index in [0.717, 1.165) is 32.7 Å². The van der Waals surface area contributed by atoms with Crippen molar-refractivity contribution in [3.63, 3.8) is 0 Å². The summed E-state index contributed by atoms with van der Waals surface area (Å²) >= 11 is 0. The van der Waals surface area contributed by atoms with Crippen LogP contribution < -0.4 is 11.1 Å². The zero-order valence-electron chi connectivity index (χ0n) is 11.4. The Kier molecular flexibility index (Phi) is 4.76. The summed E-state index contributed by atoms with van der Waals surface area (Å²) in [7, 11) is 2.13. The predicted molar refractivity (Wildman–Crippen MR) is 78.0 cm³/mol. The molecule has 1 saturated heterocycles. The number of nitrogens with one attached hydrogen (secondary N) is 1. The highest BCUT2D eigenvalue weighted by Crippen LogP contribution is 2.16. The molecule has 2 rings (SSSR count). The van der Waals surface area contributed by atoms with E-state index in [9.17, 15) is 4.79 Å². The quantitative estimate of drug-likeness (QED) is 0.790. The van der Waals surface area contributed by atoms with E-state index >= 15 is 0 Å². The lowest BCUT2D eigenvalue weighted by atomic mass is 10.2. The normalized spacial score (nSPS) is 17.3. The fraction of sp³-hybridized carbons (Fsp3) is 0.500. The van der Waals surface area contributed by atoms with E-state index in [2.05, 4.69) is 22.2 Å². The van der Waals surface area contributed by atoms with Crippen LogP contribution in [-0.2, 0) is 4.79 Å². The van der Waals surface area contributed by atoms with Gasteiger partial charge < -0.3 is 20.9 Å². The Morgan fingerprint density at radius 3 is 2.63 bits per heavy atom. The lowest BCUT2D eigenvalue weighted by Gasteiger charge is -2.32. The van der Waals surface area contributed by atoms with Crippen LogP contribution in [0.2, 0.25) is 0 Å². The monoisotopic (exact) mass is 262 g/mol. The Morgan fingerprint density at radius 1 is 1.26 bits per heavy atom. The van der Waals surface area contributed by atoms with E-state index in [0.29, 0.717) is 17.8 Å². The second-order valence-electron chi connectivity index (χ2n) is 5.03. The molecule has 0 aromatic heterocycles. The van der Waals surface area contributed by atoms with E-state index in [1.807, 2.05) is 18.2 Å². The molecule has 0 spiro atoms. The molecule has 0 radical (unpaired) electrons. The number of amides is 1. The standard InChI is InChI=1S/C14H22N4O/c1-17-8-10-18(11-9-17)7-6-14(19)16-13-5-3-2-4-12(13)15/h2-5H,6-11,15H2,1H3,(H,16,19). The third-order valence-electron chi connectivity index (χ3n) is 3.49. The molecule has 0 aliphatic carbocycles. The molecular formula is C14H22N4O. The summed E-state index contributed by atoms with van der Waals surface area (Å²) in [5.74, 6) is 0.0248. The molecule has 1 aromatic rings. The van der Waals surface area contributed by atoms with Crippen molar-refractivity contribution in [2.75, 3.05) is 50.8 Å². The van der Waals surface area contributed by atoms with Crippen molar-refractivity contribution < 1.29 is 4.79 Å². The molecule has 3 N–H and O–H groups in total. The maximum absolute atomic E-state index is 11.9. The first kappa shape index (κ1) is 13.8. The second kappa shape index (κ2) is 6.54. The van der Waals surface area contributed by atoms with Gasteiger partial charge in [0.05, 0.1) is 11.4 Å². The summed E-state index contributed by atoms with van der Waals surface area (Å²) < 4.78 is 0. The van der Waals surface area contributed by atoms with Crippen molar-refractivity contribution in [2.24, 2.45) is 0 Å². The molecule has 0 atom stereocenters. The number of nitrogens with two attached hydrogens (primary N) is 1. The van der Waals surface area contributed by atoms with Gasteiger partial charge in [-0.15, -0.1) is 0 Å². The van der Waals surface area contributed by atoms with Gasteiger partial charge in [-0.2, -0.15) is 0 Å². The van der Waals surface area contributed by atoms with Crippen LogP contribution in [0.1, 0.15) is 6.42 Å². The molecule has 1 amide bonds. The number of likely N-dealkylation sites (N-methyl/N-ethyl adjacent to an activating group) is 1. The van der Waals surface area contributed by atoms with Crippen LogP contribution in [0.5, 0.6) is 0 Å². The largest absolute Gasteiger partial charge is 0.397 e. The average Bonchev–Trinajstić information content (AvgIpc) is 2.41. The summed E-state index contributed by atoms with van der Waals surface area (Å²) in [6, 6.07) is 7.33. The average molecular weight is 262 g/mol. The van der Waals surface area contributed by atoms with Crippen molar-refractivity contribution in [1.82, 2.24) is 9.80 Å². The number of rotatable bonds is 4. The molecule has 1 fully saturated rings. The second-order valence-corrected chi connectivity index (χ2v) is 5.03. The molecule has 1 heterocycles. The summed E-state index contributed by atoms with van der Waals surface area (Å²) in [4.78, 5) is 16.5. The first-order chi connectivity index (χ1) is 9.15. The van der Waals surface area contributed by atoms with E-state index in [4.69, 9.17) is 5.73 Å². The molecular weight excluding hydrogens is 240 g/mol. The lowest BCUT2D eigenvalue weighted by Crippen LogP contribution is -2.45.